The first-order valence-corrected chi connectivity index (χ1v) is 3.22. The molecule has 6 nitrogen and oxygen atoms in total. The third-order valence-electron chi connectivity index (χ3n) is 0.328. The van der Waals surface area contributed by atoms with Crippen molar-refractivity contribution < 1.29 is 42.5 Å². The molecule has 0 rings (SSSR count). The van der Waals surface area contributed by atoms with Crippen LogP contribution in [0.5, 0.6) is 0 Å². The molecule has 0 spiro atoms. The number of carboxylic acid groups (broad SMARTS) is 2. The van der Waals surface area contributed by atoms with Crippen LogP contribution in [0.3, 0.4) is 0 Å². The van der Waals surface area contributed by atoms with Crippen LogP contribution in [0.1, 0.15) is 13.8 Å². The summed E-state index contributed by atoms with van der Waals surface area (Å²) in [5.74, 6) is 0. The largest absolute Gasteiger partial charge is 0.495 e. The quantitative estimate of drug-likeness (QED) is 0.676. The first kappa shape index (κ1) is 18.9. The zero-order valence-corrected chi connectivity index (χ0v) is 7.74. The van der Waals surface area contributed by atoms with Crippen LogP contribution < -0.4 is 0 Å². The molecule has 15 heavy (non-hydrogen) atoms. The summed E-state index contributed by atoms with van der Waals surface area (Å²) in [7, 11) is 0. The van der Waals surface area contributed by atoms with Gasteiger partial charge in [-0.05, 0) is 13.8 Å². The lowest BCUT2D eigenvalue weighted by Crippen LogP contribution is -2.03. The molecule has 0 fully saturated rings. The zero-order chi connectivity index (χ0) is 13.0. The van der Waals surface area contributed by atoms with Crippen LogP contribution in [0.15, 0.2) is 0 Å². The summed E-state index contributed by atoms with van der Waals surface area (Å²) in [6.45, 7) is 3.16. The van der Waals surface area contributed by atoms with Crippen molar-refractivity contribution in [1.82, 2.24) is 0 Å². The predicted octanol–water partition coefficient (Wildman–Crippen LogP) is 2.77. The van der Waals surface area contributed by atoms with E-state index in [1.807, 2.05) is 0 Å². The van der Waals surface area contributed by atoms with Gasteiger partial charge in [0.1, 0.15) is 0 Å². The fraction of sp³-hybridized carbons (Fsp3) is 0.500. The summed E-state index contributed by atoms with van der Waals surface area (Å²) < 4.78 is 34.9. The molecule has 0 bridgehead atoms. The first-order chi connectivity index (χ1) is 6.59. The van der Waals surface area contributed by atoms with Crippen LogP contribution in [0.4, 0.5) is 27.6 Å². The number of hydrogen-bond acceptors (Lipinski definition) is 4. The number of hydrogen-bond donors (Lipinski definition) is 2. The van der Waals surface area contributed by atoms with Crippen LogP contribution in [0.25, 0.3) is 0 Å². The number of rotatable bonds is 1. The fourth-order valence-electron chi connectivity index (χ4n) is 0.185. The number of carbonyl (C=O) groups excluding carboxylic acids is 1. The second-order valence-corrected chi connectivity index (χ2v) is 1.91. The van der Waals surface area contributed by atoms with Gasteiger partial charge in [-0.1, -0.05) is 0 Å². The Morgan fingerprint density at radius 3 is 1.20 bits per heavy atom. The molecule has 0 unspecified atom stereocenters. The van der Waals surface area contributed by atoms with Gasteiger partial charge in [0.25, 0.3) is 0 Å². The van der Waals surface area contributed by atoms with Crippen molar-refractivity contribution >= 4 is 18.7 Å². The smallest absolute Gasteiger partial charge is 0.456 e. The zero-order valence-electron chi connectivity index (χ0n) is 7.74. The average Bonchev–Trinajstić information content (AvgIpc) is 1.78. The maximum absolute atomic E-state index is 11.1. The van der Waals surface area contributed by atoms with Gasteiger partial charge in [0.05, 0.1) is 6.10 Å². The van der Waals surface area contributed by atoms with Gasteiger partial charge in [0, 0.05) is 0 Å². The molecule has 0 aliphatic carbocycles. The van der Waals surface area contributed by atoms with Crippen LogP contribution in [0.2, 0.25) is 0 Å². The van der Waals surface area contributed by atoms with Crippen molar-refractivity contribution in [2.45, 2.75) is 20.0 Å². The molecule has 0 saturated heterocycles. The van der Waals surface area contributed by atoms with Gasteiger partial charge in [-0.15, -0.1) is 13.2 Å². The number of ether oxygens (including phenoxy) is 1. The van der Waals surface area contributed by atoms with E-state index < -0.39 is 18.7 Å². The minimum absolute atomic E-state index is 0.350. The van der Waals surface area contributed by atoms with Crippen molar-refractivity contribution in [3.63, 3.8) is 0 Å². The van der Waals surface area contributed by atoms with E-state index in [0.29, 0.717) is 0 Å². The van der Waals surface area contributed by atoms with Gasteiger partial charge in [0.2, 0.25) is 0 Å². The molecule has 0 amide bonds. The second-order valence-electron chi connectivity index (χ2n) is 1.91. The van der Waals surface area contributed by atoms with E-state index >= 15 is 0 Å². The lowest BCUT2D eigenvalue weighted by Gasteiger charge is -1.98. The minimum atomic E-state index is -2.33. The van der Waals surface area contributed by atoms with Crippen molar-refractivity contribution in [3.8, 4) is 0 Å². The Kier molecular flexibility index (Phi) is 15.4. The van der Waals surface area contributed by atoms with Gasteiger partial charge in [-0.3, -0.25) is 0 Å². The monoisotopic (exact) mass is 234 g/mol. The van der Waals surface area contributed by atoms with E-state index in [-0.39, 0.29) is 6.10 Å². The molecule has 9 heteroatoms. The van der Waals surface area contributed by atoms with Crippen LogP contribution in [-0.4, -0.2) is 35.0 Å². The molecule has 0 aliphatic rings. The molecule has 0 aromatic heterocycles. The first-order valence-electron chi connectivity index (χ1n) is 3.22. The van der Waals surface area contributed by atoms with Crippen molar-refractivity contribution in [1.29, 1.82) is 0 Å². The van der Waals surface area contributed by atoms with Gasteiger partial charge in [0.15, 0.2) is 0 Å². The van der Waals surface area contributed by atoms with E-state index in [1.165, 1.54) is 0 Å². The van der Waals surface area contributed by atoms with E-state index in [0.717, 1.165) is 0 Å². The van der Waals surface area contributed by atoms with Gasteiger partial charge in [-0.25, -0.2) is 14.4 Å². The maximum Gasteiger partial charge on any atom is 0.495 e. The van der Waals surface area contributed by atoms with Gasteiger partial charge < -0.3 is 14.9 Å². The third-order valence-corrected chi connectivity index (χ3v) is 0.328. The Balaban J connectivity index is -0.000000155. The van der Waals surface area contributed by atoms with Crippen molar-refractivity contribution in [3.05, 3.63) is 0 Å². The van der Waals surface area contributed by atoms with E-state index in [1.54, 1.807) is 13.8 Å². The van der Waals surface area contributed by atoms with Crippen molar-refractivity contribution in [2.24, 2.45) is 0 Å². The summed E-state index contributed by atoms with van der Waals surface area (Å²) >= 11 is 0. The van der Waals surface area contributed by atoms with Gasteiger partial charge in [-0.2, -0.15) is 0 Å². The van der Waals surface area contributed by atoms with E-state index in [4.69, 9.17) is 19.8 Å². The highest BCUT2D eigenvalue weighted by Gasteiger charge is 1.98. The lowest BCUT2D eigenvalue weighted by molar-refractivity contribution is 0.0920. The second kappa shape index (κ2) is 12.2. The van der Waals surface area contributed by atoms with E-state index in [9.17, 15) is 18.0 Å². The predicted molar refractivity (Wildman–Crippen MR) is 41.0 cm³/mol. The fourth-order valence-corrected chi connectivity index (χ4v) is 0.185. The summed E-state index contributed by atoms with van der Waals surface area (Å²) in [6.07, 6.45) is -6.73. The van der Waals surface area contributed by atoms with Crippen LogP contribution in [-0.2, 0) is 4.74 Å². The maximum atomic E-state index is 11.1. The lowest BCUT2D eigenvalue weighted by atomic mass is 10.5. The summed E-state index contributed by atoms with van der Waals surface area (Å²) in [5.41, 5.74) is 0. The minimum Gasteiger partial charge on any atom is -0.456 e. The number of halogens is 3. The molecule has 2 N–H and O–H groups in total. The molecule has 0 aliphatic heterocycles. The molecule has 0 radical (unpaired) electrons. The Hall–Kier alpha value is -1.80. The molecule has 0 heterocycles. The van der Waals surface area contributed by atoms with Crippen LogP contribution in [0, 0.1) is 0 Å². The standard InChI is InChI=1S/C4H7FO2.2CHFO2/c1-3(2)7-4(5)6;2*2-1(3)4/h3H,1-2H3;2*(H,3,4). The normalized spacial score (nSPS) is 7.60. The Morgan fingerprint density at radius 1 is 1.00 bits per heavy atom. The molecule has 0 saturated carbocycles. The summed E-state index contributed by atoms with van der Waals surface area (Å²) in [6, 6.07) is 0. The summed E-state index contributed by atoms with van der Waals surface area (Å²) in [4.78, 5) is 26.0. The molecule has 0 atom stereocenters. The summed E-state index contributed by atoms with van der Waals surface area (Å²) in [5, 5.41) is 13.5. The molecule has 90 valence electrons. The SMILES string of the molecule is CC(C)OC(=O)F.O=C(O)F.O=C(O)F. The Morgan fingerprint density at radius 2 is 1.20 bits per heavy atom. The third kappa shape index (κ3) is 262. The van der Waals surface area contributed by atoms with Crippen molar-refractivity contribution in [2.75, 3.05) is 0 Å². The highest BCUT2D eigenvalue weighted by atomic mass is 19.2. The molecular weight excluding hydrogens is 225 g/mol. The van der Waals surface area contributed by atoms with E-state index in [2.05, 4.69) is 4.74 Å². The highest BCUT2D eigenvalue weighted by Crippen LogP contribution is 1.89. The molecular formula is C6H9F3O6. The topological polar surface area (TPSA) is 101 Å². The highest BCUT2D eigenvalue weighted by molar-refractivity contribution is 5.58. The molecule has 0 aromatic carbocycles. The Labute approximate surface area is 82.3 Å². The Bertz CT molecular complexity index is 185. The van der Waals surface area contributed by atoms with Gasteiger partial charge >= 0.3 is 18.7 Å². The average molecular weight is 234 g/mol. The van der Waals surface area contributed by atoms with Crippen LogP contribution >= 0.6 is 0 Å². The number of carbonyl (C=O) groups is 3. The molecule has 0 aromatic rings.